The van der Waals surface area contributed by atoms with Gasteiger partial charge in [0.25, 0.3) is 5.91 Å². The quantitative estimate of drug-likeness (QED) is 0.516. The first-order valence-corrected chi connectivity index (χ1v) is 12.5. The third-order valence-electron chi connectivity index (χ3n) is 6.20. The first kappa shape index (κ1) is 23.3. The summed E-state index contributed by atoms with van der Waals surface area (Å²) < 4.78 is 38.6. The fraction of sp³-hybridized carbons (Fsp3) is 0.571. The molecule has 1 aromatic carbocycles. The summed E-state index contributed by atoms with van der Waals surface area (Å²) in [6, 6.07) is 3.63. The zero-order valence-electron chi connectivity index (χ0n) is 18.4. The number of benzene rings is 1. The van der Waals surface area contributed by atoms with Crippen LogP contribution in [0.25, 0.3) is 0 Å². The Bertz CT molecular complexity index is 1050. The fourth-order valence-corrected chi connectivity index (χ4v) is 5.24. The highest BCUT2D eigenvalue weighted by Crippen LogP contribution is 2.36. The van der Waals surface area contributed by atoms with E-state index in [4.69, 9.17) is 9.47 Å². The molecule has 0 radical (unpaired) electrons. The minimum absolute atomic E-state index is 0.0188. The maximum Gasteiger partial charge on any atom is 0.344 e. The van der Waals surface area contributed by atoms with Crippen molar-refractivity contribution in [3.8, 4) is 11.5 Å². The van der Waals surface area contributed by atoms with Gasteiger partial charge in [-0.05, 0) is 43.7 Å². The third kappa shape index (κ3) is 4.91. The second kappa shape index (κ2) is 9.18. The van der Waals surface area contributed by atoms with E-state index in [9.17, 15) is 22.8 Å². The molecule has 1 saturated heterocycles. The highest BCUT2D eigenvalue weighted by molar-refractivity contribution is 7.89. The Balaban J connectivity index is 1.31. The summed E-state index contributed by atoms with van der Waals surface area (Å²) in [5.41, 5.74) is 1.33. The van der Waals surface area contributed by atoms with Crippen LogP contribution in [0, 0.1) is 5.92 Å². The number of nitrogens with zero attached hydrogens (tertiary/aromatic N) is 1. The average molecular weight is 481 g/mol. The smallest absolute Gasteiger partial charge is 0.344 e. The number of sulfonamides is 1. The predicted molar refractivity (Wildman–Crippen MR) is 116 cm³/mol. The van der Waals surface area contributed by atoms with Crippen molar-refractivity contribution in [1.82, 2.24) is 20.5 Å². The molecule has 2 aliphatic heterocycles. The molecule has 0 unspecified atom stereocenters. The zero-order valence-corrected chi connectivity index (χ0v) is 19.2. The molecule has 180 valence electrons. The van der Waals surface area contributed by atoms with Crippen molar-refractivity contribution < 1.29 is 32.3 Å². The van der Waals surface area contributed by atoms with Crippen LogP contribution < -0.4 is 24.9 Å². The van der Waals surface area contributed by atoms with Gasteiger partial charge in [0, 0.05) is 25.5 Å². The van der Waals surface area contributed by atoms with Crippen molar-refractivity contribution >= 4 is 27.9 Å². The number of urea groups is 1. The molecule has 0 atom stereocenters. The van der Waals surface area contributed by atoms with Gasteiger partial charge < -0.3 is 14.8 Å². The van der Waals surface area contributed by atoms with E-state index in [0.717, 1.165) is 12.8 Å². The van der Waals surface area contributed by atoms with Crippen LogP contribution in [-0.4, -0.2) is 56.6 Å². The van der Waals surface area contributed by atoms with Gasteiger partial charge in [0.05, 0.1) is 18.1 Å². The van der Waals surface area contributed by atoms with E-state index in [1.54, 1.807) is 0 Å². The van der Waals surface area contributed by atoms with Gasteiger partial charge >= 0.3 is 6.03 Å². The summed E-state index contributed by atoms with van der Waals surface area (Å²) >= 11 is 0. The number of nitrogens with one attached hydrogen (secondary N) is 3. The van der Waals surface area contributed by atoms with Crippen molar-refractivity contribution in [3.63, 3.8) is 0 Å². The van der Waals surface area contributed by atoms with Crippen LogP contribution in [0.3, 0.4) is 0 Å². The zero-order chi connectivity index (χ0) is 23.6. The first-order chi connectivity index (χ1) is 15.7. The number of ether oxygens (including phenoxy) is 2. The largest absolute Gasteiger partial charge is 0.490 e. The van der Waals surface area contributed by atoms with Crippen molar-refractivity contribution in [2.45, 2.75) is 55.9 Å². The molecular weight excluding hydrogens is 452 g/mol. The van der Waals surface area contributed by atoms with Gasteiger partial charge in [-0.2, -0.15) is 5.01 Å². The highest BCUT2D eigenvalue weighted by Gasteiger charge is 2.52. The maximum atomic E-state index is 12.8. The molecule has 33 heavy (non-hydrogen) atoms. The highest BCUT2D eigenvalue weighted by atomic mass is 32.2. The van der Waals surface area contributed by atoms with Crippen LogP contribution in [0.1, 0.15) is 45.4 Å². The lowest BCUT2D eigenvalue weighted by Gasteiger charge is -2.33. The molecule has 1 aromatic rings. The van der Waals surface area contributed by atoms with E-state index in [-0.39, 0.29) is 17.9 Å². The number of fused-ring (bicyclic) bond motifs is 1. The predicted octanol–water partition coefficient (Wildman–Crippen LogP) is 1.05. The summed E-state index contributed by atoms with van der Waals surface area (Å²) in [4.78, 5) is 37.4. The molecule has 3 aliphatic rings. The van der Waals surface area contributed by atoms with Crippen molar-refractivity contribution in [1.29, 1.82) is 0 Å². The van der Waals surface area contributed by atoms with E-state index in [1.165, 1.54) is 18.2 Å². The molecule has 4 amide bonds. The third-order valence-corrected chi connectivity index (χ3v) is 7.66. The molecule has 11 nitrogen and oxygen atoms in total. The van der Waals surface area contributed by atoms with Gasteiger partial charge in [-0.25, -0.2) is 17.9 Å². The Morgan fingerprint density at radius 2 is 1.88 bits per heavy atom. The van der Waals surface area contributed by atoms with E-state index >= 15 is 0 Å². The van der Waals surface area contributed by atoms with Gasteiger partial charge in [0.15, 0.2) is 11.5 Å². The molecule has 3 N–H and O–H groups in total. The van der Waals surface area contributed by atoms with Crippen molar-refractivity contribution in [2.75, 3.05) is 19.8 Å². The number of carbonyl (C=O) groups is 3. The van der Waals surface area contributed by atoms with Crippen LogP contribution in [0.5, 0.6) is 11.5 Å². The second-order valence-corrected chi connectivity index (χ2v) is 10.4. The molecular formula is C21H28N4O7S. The number of hydrogen-bond donors (Lipinski definition) is 3. The molecule has 1 saturated carbocycles. The Hall–Kier alpha value is -2.86. The van der Waals surface area contributed by atoms with Gasteiger partial charge in [-0.1, -0.05) is 6.92 Å². The molecule has 0 bridgehead atoms. The molecule has 0 aromatic heterocycles. The molecule has 2 fully saturated rings. The Kier molecular flexibility index (Phi) is 6.48. The van der Waals surface area contributed by atoms with Gasteiger partial charge in [0.1, 0.15) is 5.54 Å². The first-order valence-electron chi connectivity index (χ1n) is 11.1. The standard InChI is InChI=1S/C21H28N4O7S/c1-14-5-8-21(9-6-14)19(27)25(20(28)23-21)24-18(26)7-10-22-33(29,30)15-3-4-16-17(13-15)32-12-2-11-31-16/h3-4,13-14,22H,2,5-12H2,1H3,(H,23,28)(H,24,26). The van der Waals surface area contributed by atoms with Crippen LogP contribution in [0.4, 0.5) is 4.79 Å². The molecule has 2 heterocycles. The summed E-state index contributed by atoms with van der Waals surface area (Å²) in [6.45, 7) is 2.80. The minimum atomic E-state index is -3.90. The summed E-state index contributed by atoms with van der Waals surface area (Å²) in [6.07, 6.45) is 3.12. The van der Waals surface area contributed by atoms with Crippen molar-refractivity contribution in [2.24, 2.45) is 5.92 Å². The van der Waals surface area contributed by atoms with Crippen LogP contribution in [-0.2, 0) is 19.6 Å². The van der Waals surface area contributed by atoms with E-state index in [2.05, 4.69) is 22.4 Å². The number of imide groups is 1. The monoisotopic (exact) mass is 480 g/mol. The van der Waals surface area contributed by atoms with Crippen molar-refractivity contribution in [3.05, 3.63) is 18.2 Å². The minimum Gasteiger partial charge on any atom is -0.490 e. The van der Waals surface area contributed by atoms with E-state index < -0.39 is 33.4 Å². The number of hydrogen-bond acceptors (Lipinski definition) is 7. The topological polar surface area (TPSA) is 143 Å². The lowest BCUT2D eigenvalue weighted by molar-refractivity contribution is -0.140. The van der Waals surface area contributed by atoms with Crippen LogP contribution in [0.2, 0.25) is 0 Å². The number of amides is 4. The SMILES string of the molecule is CC1CCC2(CC1)NC(=O)N(NC(=O)CCNS(=O)(=O)c1ccc3c(c1)OCCCO3)C2=O. The van der Waals surface area contributed by atoms with Gasteiger partial charge in [-0.3, -0.25) is 15.0 Å². The molecule has 12 heteroatoms. The second-order valence-electron chi connectivity index (χ2n) is 8.68. The van der Waals surface area contributed by atoms with Crippen LogP contribution in [0.15, 0.2) is 23.1 Å². The van der Waals surface area contributed by atoms with E-state index in [0.29, 0.717) is 54.9 Å². The average Bonchev–Trinajstić information content (AvgIpc) is 2.94. The Morgan fingerprint density at radius 3 is 2.61 bits per heavy atom. The summed E-state index contributed by atoms with van der Waals surface area (Å²) in [5, 5.41) is 3.42. The van der Waals surface area contributed by atoms with Crippen LogP contribution >= 0.6 is 0 Å². The Morgan fingerprint density at radius 1 is 1.18 bits per heavy atom. The summed E-state index contributed by atoms with van der Waals surface area (Å²) in [7, 11) is -3.90. The summed E-state index contributed by atoms with van der Waals surface area (Å²) in [5.74, 6) is 0.180. The Labute approximate surface area is 192 Å². The van der Waals surface area contributed by atoms with Gasteiger partial charge in [0.2, 0.25) is 15.9 Å². The fourth-order valence-electron chi connectivity index (χ4n) is 4.19. The van der Waals surface area contributed by atoms with E-state index in [1.807, 2.05) is 0 Å². The number of carbonyl (C=O) groups excluding carboxylic acids is 3. The lowest BCUT2D eigenvalue weighted by Crippen LogP contribution is -2.51. The maximum absolute atomic E-state index is 12.8. The normalized spacial score (nSPS) is 25.0. The number of rotatable bonds is 6. The molecule has 1 aliphatic carbocycles. The molecule has 1 spiro atoms. The van der Waals surface area contributed by atoms with Gasteiger partial charge in [-0.15, -0.1) is 0 Å². The lowest BCUT2D eigenvalue weighted by atomic mass is 9.77. The number of hydrazine groups is 1. The molecule has 4 rings (SSSR count).